The third kappa shape index (κ3) is 4.00. The van der Waals surface area contributed by atoms with Gasteiger partial charge in [-0.25, -0.2) is 9.67 Å². The molecule has 4 heterocycles. The Labute approximate surface area is 198 Å². The molecule has 34 heavy (non-hydrogen) atoms. The van der Waals surface area contributed by atoms with Gasteiger partial charge in [0.05, 0.1) is 29.9 Å². The number of ether oxygens (including phenoxy) is 1. The monoisotopic (exact) mass is 457 g/mol. The van der Waals surface area contributed by atoms with Crippen LogP contribution in [0.1, 0.15) is 21.9 Å². The van der Waals surface area contributed by atoms with Crippen molar-refractivity contribution in [2.75, 3.05) is 38.2 Å². The molecule has 9 heteroatoms. The number of anilines is 1. The predicted octanol–water partition coefficient (Wildman–Crippen LogP) is 3.25. The molecule has 0 saturated carbocycles. The number of pyridine rings is 1. The molecule has 1 amide bonds. The highest BCUT2D eigenvalue weighted by molar-refractivity contribution is 5.93. The number of amides is 1. The van der Waals surface area contributed by atoms with Gasteiger partial charge in [-0.05, 0) is 44.2 Å². The molecule has 9 nitrogen and oxygen atoms in total. The van der Waals surface area contributed by atoms with Gasteiger partial charge in [0, 0.05) is 37.9 Å². The Kier molecular flexibility index (Phi) is 5.75. The van der Waals surface area contributed by atoms with Gasteiger partial charge in [-0.15, -0.1) is 0 Å². The lowest BCUT2D eigenvalue weighted by atomic mass is 10.1. The second-order valence-electron chi connectivity index (χ2n) is 8.30. The number of benzene rings is 1. The average molecular weight is 458 g/mol. The standard InChI is InChI=1S/C25H27N7O2/c1-17-24(18(2)32(29-17)23-9-4-5-10-26-23)30-11-13-31(14-12-30)25(33)22-16-21(27-28-22)19-7-6-8-20(15-19)34-3/h4-10,15-16H,11-14H2,1-3H3,(H,27,28). The van der Waals surface area contributed by atoms with Gasteiger partial charge in [0.1, 0.15) is 11.4 Å². The molecule has 174 valence electrons. The highest BCUT2D eigenvalue weighted by Gasteiger charge is 2.27. The molecule has 1 aromatic carbocycles. The molecular weight excluding hydrogens is 430 g/mol. The normalized spacial score (nSPS) is 13.9. The number of carbonyl (C=O) groups is 1. The van der Waals surface area contributed by atoms with Gasteiger partial charge in [-0.3, -0.25) is 9.89 Å². The Morgan fingerprint density at radius 3 is 2.59 bits per heavy atom. The molecule has 1 saturated heterocycles. The van der Waals surface area contributed by atoms with Crippen molar-refractivity contribution >= 4 is 11.6 Å². The Balaban J connectivity index is 1.28. The zero-order valence-electron chi connectivity index (χ0n) is 19.5. The highest BCUT2D eigenvalue weighted by Crippen LogP contribution is 2.28. The number of hydrogen-bond donors (Lipinski definition) is 1. The summed E-state index contributed by atoms with van der Waals surface area (Å²) in [5, 5.41) is 12.0. The second kappa shape index (κ2) is 9.01. The third-order valence-corrected chi connectivity index (χ3v) is 6.18. The van der Waals surface area contributed by atoms with Crippen LogP contribution in [0.25, 0.3) is 17.1 Å². The van der Waals surface area contributed by atoms with E-state index in [0.717, 1.165) is 47.3 Å². The van der Waals surface area contributed by atoms with E-state index in [1.165, 1.54) is 0 Å². The summed E-state index contributed by atoms with van der Waals surface area (Å²) in [5.41, 5.74) is 5.22. The van der Waals surface area contributed by atoms with Gasteiger partial charge in [-0.1, -0.05) is 18.2 Å². The van der Waals surface area contributed by atoms with Gasteiger partial charge >= 0.3 is 0 Å². The summed E-state index contributed by atoms with van der Waals surface area (Å²) < 4.78 is 7.17. The molecule has 0 aliphatic carbocycles. The Bertz CT molecular complexity index is 1300. The third-order valence-electron chi connectivity index (χ3n) is 6.18. The Morgan fingerprint density at radius 1 is 1.03 bits per heavy atom. The van der Waals surface area contributed by atoms with E-state index in [1.807, 2.05) is 59.0 Å². The van der Waals surface area contributed by atoms with E-state index in [-0.39, 0.29) is 5.91 Å². The van der Waals surface area contributed by atoms with Crippen molar-refractivity contribution in [3.8, 4) is 22.8 Å². The average Bonchev–Trinajstić information content (AvgIpc) is 3.49. The van der Waals surface area contributed by atoms with Crippen LogP contribution in [0.5, 0.6) is 5.75 Å². The van der Waals surface area contributed by atoms with Crippen LogP contribution in [-0.2, 0) is 0 Å². The smallest absolute Gasteiger partial charge is 0.272 e. The summed E-state index contributed by atoms with van der Waals surface area (Å²) >= 11 is 0. The number of hydrogen-bond acceptors (Lipinski definition) is 6. The quantitative estimate of drug-likeness (QED) is 0.495. The second-order valence-corrected chi connectivity index (χ2v) is 8.30. The van der Waals surface area contributed by atoms with E-state index in [9.17, 15) is 4.79 Å². The number of rotatable bonds is 5. The lowest BCUT2D eigenvalue weighted by Gasteiger charge is -2.36. The van der Waals surface area contributed by atoms with Crippen LogP contribution in [0.2, 0.25) is 0 Å². The number of nitrogens with one attached hydrogen (secondary N) is 1. The number of aromatic nitrogens is 5. The molecule has 0 atom stereocenters. The van der Waals surface area contributed by atoms with E-state index in [4.69, 9.17) is 9.84 Å². The van der Waals surface area contributed by atoms with Gasteiger partial charge in [0.25, 0.3) is 5.91 Å². The van der Waals surface area contributed by atoms with E-state index in [1.54, 1.807) is 19.4 Å². The van der Waals surface area contributed by atoms with Crippen LogP contribution in [-0.4, -0.2) is 69.1 Å². The van der Waals surface area contributed by atoms with Crippen molar-refractivity contribution in [1.82, 2.24) is 29.9 Å². The highest BCUT2D eigenvalue weighted by atomic mass is 16.5. The van der Waals surface area contributed by atoms with E-state index in [2.05, 4.69) is 27.0 Å². The van der Waals surface area contributed by atoms with Crippen LogP contribution >= 0.6 is 0 Å². The fourth-order valence-corrected chi connectivity index (χ4v) is 4.46. The van der Waals surface area contributed by atoms with Crippen molar-refractivity contribution in [2.45, 2.75) is 13.8 Å². The number of aromatic amines is 1. The Morgan fingerprint density at radius 2 is 1.85 bits per heavy atom. The van der Waals surface area contributed by atoms with Crippen LogP contribution in [0.4, 0.5) is 5.69 Å². The van der Waals surface area contributed by atoms with E-state index < -0.39 is 0 Å². The van der Waals surface area contributed by atoms with Gasteiger partial charge in [-0.2, -0.15) is 10.2 Å². The Hall–Kier alpha value is -4.14. The lowest BCUT2D eigenvalue weighted by molar-refractivity contribution is 0.0741. The zero-order valence-corrected chi connectivity index (χ0v) is 19.5. The summed E-state index contributed by atoms with van der Waals surface area (Å²) in [7, 11) is 1.63. The molecular formula is C25H27N7O2. The fourth-order valence-electron chi connectivity index (χ4n) is 4.46. The largest absolute Gasteiger partial charge is 0.497 e. The molecule has 3 aromatic heterocycles. The van der Waals surface area contributed by atoms with Crippen molar-refractivity contribution < 1.29 is 9.53 Å². The molecule has 5 rings (SSSR count). The number of H-pyrrole nitrogens is 1. The van der Waals surface area contributed by atoms with Crippen molar-refractivity contribution in [1.29, 1.82) is 0 Å². The first-order chi connectivity index (χ1) is 16.5. The van der Waals surface area contributed by atoms with E-state index in [0.29, 0.717) is 24.5 Å². The number of aryl methyl sites for hydroxylation is 1. The summed E-state index contributed by atoms with van der Waals surface area (Å²) in [6.45, 7) is 6.80. The number of methoxy groups -OCH3 is 1. The van der Waals surface area contributed by atoms with Gasteiger partial charge < -0.3 is 14.5 Å². The summed E-state index contributed by atoms with van der Waals surface area (Å²) in [6, 6.07) is 15.2. The van der Waals surface area contributed by atoms with E-state index >= 15 is 0 Å². The summed E-state index contributed by atoms with van der Waals surface area (Å²) in [4.78, 5) is 21.7. The number of carbonyl (C=O) groups excluding carboxylic acids is 1. The van der Waals surface area contributed by atoms with Crippen molar-refractivity contribution in [3.63, 3.8) is 0 Å². The number of piperazine rings is 1. The zero-order chi connectivity index (χ0) is 23.7. The molecule has 0 bridgehead atoms. The van der Waals surface area contributed by atoms with Crippen LogP contribution in [0.3, 0.4) is 0 Å². The first-order valence-electron chi connectivity index (χ1n) is 11.3. The van der Waals surface area contributed by atoms with Crippen molar-refractivity contribution in [3.05, 3.63) is 71.8 Å². The minimum Gasteiger partial charge on any atom is -0.497 e. The first-order valence-corrected chi connectivity index (χ1v) is 11.3. The van der Waals surface area contributed by atoms with Crippen LogP contribution < -0.4 is 9.64 Å². The molecule has 1 fully saturated rings. The first kappa shape index (κ1) is 21.7. The fraction of sp³-hybridized carbons (Fsp3) is 0.280. The minimum atomic E-state index is -0.0427. The number of nitrogens with zero attached hydrogens (tertiary/aromatic N) is 6. The summed E-state index contributed by atoms with van der Waals surface area (Å²) in [5.74, 6) is 1.51. The molecule has 4 aromatic rings. The van der Waals surface area contributed by atoms with Crippen LogP contribution in [0, 0.1) is 13.8 Å². The molecule has 1 N–H and O–H groups in total. The lowest BCUT2D eigenvalue weighted by Crippen LogP contribution is -2.49. The molecule has 1 aliphatic heterocycles. The summed E-state index contributed by atoms with van der Waals surface area (Å²) in [6.07, 6.45) is 1.77. The molecule has 0 spiro atoms. The van der Waals surface area contributed by atoms with Gasteiger partial charge in [0.2, 0.25) is 0 Å². The van der Waals surface area contributed by atoms with Gasteiger partial charge in [0.15, 0.2) is 5.82 Å². The maximum Gasteiger partial charge on any atom is 0.272 e. The maximum atomic E-state index is 13.1. The topological polar surface area (TPSA) is 92.2 Å². The maximum absolute atomic E-state index is 13.1. The molecule has 1 aliphatic rings. The van der Waals surface area contributed by atoms with Crippen molar-refractivity contribution in [2.24, 2.45) is 0 Å². The molecule has 0 unspecified atom stereocenters. The minimum absolute atomic E-state index is 0.0427. The SMILES string of the molecule is COc1cccc(-c2cc(C(=O)N3CCN(c4c(C)nn(-c5ccccn5)c4C)CC3)[nH]n2)c1. The van der Waals surface area contributed by atoms with Crippen LogP contribution in [0.15, 0.2) is 54.7 Å². The predicted molar refractivity (Wildman–Crippen MR) is 130 cm³/mol. The molecule has 0 radical (unpaired) electrons.